The highest BCUT2D eigenvalue weighted by atomic mass is 79.9. The molecule has 1 atom stereocenters. The number of rotatable bonds is 3. The summed E-state index contributed by atoms with van der Waals surface area (Å²) in [6, 6.07) is 2.89. The first-order valence-corrected chi connectivity index (χ1v) is 7.90. The summed E-state index contributed by atoms with van der Waals surface area (Å²) >= 11 is 5.54. The van der Waals surface area contributed by atoms with Crippen molar-refractivity contribution >= 4 is 27.3 Å². The highest BCUT2D eigenvalue weighted by Crippen LogP contribution is 2.34. The second-order valence-electron chi connectivity index (χ2n) is 5.49. The Labute approximate surface area is 111 Å². The molecule has 0 amide bonds. The molecule has 16 heavy (non-hydrogen) atoms. The fraction of sp³-hybridized carbons (Fsp3) is 0.692. The van der Waals surface area contributed by atoms with Gasteiger partial charge in [0.1, 0.15) is 0 Å². The molecule has 90 valence electrons. The lowest BCUT2D eigenvalue weighted by atomic mass is 9.92. The smallest absolute Gasteiger partial charge is 0.0331 e. The average Bonchev–Trinajstić information content (AvgIpc) is 2.71. The van der Waals surface area contributed by atoms with Gasteiger partial charge in [0.25, 0.3) is 0 Å². The SMILES string of the molecule is CC1c2ccsc2CCN1CC(C)(C)CBr. The van der Waals surface area contributed by atoms with Crippen LogP contribution in [0.25, 0.3) is 0 Å². The molecule has 0 spiro atoms. The van der Waals surface area contributed by atoms with Crippen LogP contribution in [0.2, 0.25) is 0 Å². The minimum absolute atomic E-state index is 0.363. The summed E-state index contributed by atoms with van der Waals surface area (Å²) in [5.74, 6) is 0. The molecule has 0 aliphatic carbocycles. The molecule has 1 aromatic heterocycles. The minimum atomic E-state index is 0.363. The maximum absolute atomic E-state index is 3.62. The summed E-state index contributed by atoms with van der Waals surface area (Å²) in [6.07, 6.45) is 1.23. The van der Waals surface area contributed by atoms with E-state index in [1.165, 1.54) is 19.5 Å². The Morgan fingerprint density at radius 3 is 3.00 bits per heavy atom. The standard InChI is InChI=1S/C13H20BrNS/c1-10-11-5-7-16-12(11)4-6-15(10)9-13(2,3)8-14/h5,7,10H,4,6,8-9H2,1-3H3. The molecule has 2 rings (SSSR count). The van der Waals surface area contributed by atoms with Crippen LogP contribution >= 0.6 is 27.3 Å². The van der Waals surface area contributed by atoms with Crippen molar-refractivity contribution in [2.45, 2.75) is 33.2 Å². The van der Waals surface area contributed by atoms with Gasteiger partial charge in [-0.2, -0.15) is 0 Å². The number of fused-ring (bicyclic) bond motifs is 1. The Hall–Kier alpha value is 0.140. The Balaban J connectivity index is 2.10. The van der Waals surface area contributed by atoms with Crippen LogP contribution < -0.4 is 0 Å². The fourth-order valence-corrected chi connectivity index (χ4v) is 3.51. The lowest BCUT2D eigenvalue weighted by molar-refractivity contribution is 0.142. The number of hydrogen-bond donors (Lipinski definition) is 0. The van der Waals surface area contributed by atoms with Crippen LogP contribution in [-0.4, -0.2) is 23.3 Å². The molecule has 0 bridgehead atoms. The van der Waals surface area contributed by atoms with Gasteiger partial charge >= 0.3 is 0 Å². The normalized spacial score (nSPS) is 22.1. The first-order valence-electron chi connectivity index (χ1n) is 5.90. The van der Waals surface area contributed by atoms with Gasteiger partial charge in [-0.25, -0.2) is 0 Å². The lowest BCUT2D eigenvalue weighted by Crippen LogP contribution is -2.40. The molecule has 3 heteroatoms. The van der Waals surface area contributed by atoms with Crippen molar-refractivity contribution < 1.29 is 0 Å². The molecular weight excluding hydrogens is 282 g/mol. The van der Waals surface area contributed by atoms with E-state index in [2.05, 4.69) is 53.0 Å². The zero-order chi connectivity index (χ0) is 11.8. The van der Waals surface area contributed by atoms with Gasteiger partial charge in [-0.3, -0.25) is 4.90 Å². The number of halogens is 1. The molecule has 1 aromatic rings. The number of thiophene rings is 1. The molecule has 0 aromatic carbocycles. The number of hydrogen-bond acceptors (Lipinski definition) is 2. The Morgan fingerprint density at radius 2 is 2.31 bits per heavy atom. The minimum Gasteiger partial charge on any atom is -0.296 e. The van der Waals surface area contributed by atoms with Gasteiger partial charge in [-0.1, -0.05) is 29.8 Å². The van der Waals surface area contributed by atoms with Crippen molar-refractivity contribution in [3.8, 4) is 0 Å². The predicted molar refractivity (Wildman–Crippen MR) is 75.6 cm³/mol. The van der Waals surface area contributed by atoms with Crippen molar-refractivity contribution in [1.82, 2.24) is 4.90 Å². The third-order valence-electron chi connectivity index (χ3n) is 3.40. The van der Waals surface area contributed by atoms with Crippen LogP contribution in [0.3, 0.4) is 0 Å². The summed E-state index contributed by atoms with van der Waals surface area (Å²) in [6.45, 7) is 9.39. The molecule has 0 fully saturated rings. The van der Waals surface area contributed by atoms with Gasteiger partial charge in [-0.05, 0) is 35.8 Å². The van der Waals surface area contributed by atoms with Crippen molar-refractivity contribution in [3.05, 3.63) is 21.9 Å². The second kappa shape index (κ2) is 4.79. The monoisotopic (exact) mass is 301 g/mol. The zero-order valence-electron chi connectivity index (χ0n) is 10.3. The zero-order valence-corrected chi connectivity index (χ0v) is 12.7. The third-order valence-corrected chi connectivity index (χ3v) is 5.91. The van der Waals surface area contributed by atoms with Crippen molar-refractivity contribution in [2.75, 3.05) is 18.4 Å². The molecule has 0 saturated heterocycles. The molecule has 1 nitrogen and oxygen atoms in total. The third kappa shape index (κ3) is 2.52. The first-order chi connectivity index (χ1) is 7.53. The summed E-state index contributed by atoms with van der Waals surface area (Å²) in [7, 11) is 0. The van der Waals surface area contributed by atoms with Gasteiger partial charge < -0.3 is 0 Å². The molecule has 0 N–H and O–H groups in total. The van der Waals surface area contributed by atoms with E-state index in [4.69, 9.17) is 0 Å². The van der Waals surface area contributed by atoms with Gasteiger partial charge in [0, 0.05) is 29.3 Å². The van der Waals surface area contributed by atoms with E-state index >= 15 is 0 Å². The van der Waals surface area contributed by atoms with Crippen LogP contribution in [0, 0.1) is 5.41 Å². The van der Waals surface area contributed by atoms with E-state index in [0.717, 1.165) is 5.33 Å². The summed E-state index contributed by atoms with van der Waals surface area (Å²) in [4.78, 5) is 4.22. The van der Waals surface area contributed by atoms with Crippen molar-refractivity contribution in [3.63, 3.8) is 0 Å². The molecule has 1 aliphatic rings. The topological polar surface area (TPSA) is 3.24 Å². The highest BCUT2D eigenvalue weighted by Gasteiger charge is 2.29. The van der Waals surface area contributed by atoms with Crippen molar-refractivity contribution in [1.29, 1.82) is 0 Å². The van der Waals surface area contributed by atoms with E-state index in [1.807, 2.05) is 11.3 Å². The molecule has 1 unspecified atom stereocenters. The van der Waals surface area contributed by atoms with E-state index in [-0.39, 0.29) is 0 Å². The maximum atomic E-state index is 3.62. The maximum Gasteiger partial charge on any atom is 0.0331 e. The summed E-state index contributed by atoms with van der Waals surface area (Å²) < 4.78 is 0. The van der Waals surface area contributed by atoms with Gasteiger partial charge in [-0.15, -0.1) is 11.3 Å². The summed E-state index contributed by atoms with van der Waals surface area (Å²) in [5, 5.41) is 3.31. The molecular formula is C13H20BrNS. The molecule has 0 saturated carbocycles. The molecule has 2 heterocycles. The van der Waals surface area contributed by atoms with E-state index in [0.29, 0.717) is 11.5 Å². The van der Waals surface area contributed by atoms with Crippen LogP contribution in [0.1, 0.15) is 37.3 Å². The largest absolute Gasteiger partial charge is 0.296 e. The van der Waals surface area contributed by atoms with Gasteiger partial charge in [0.2, 0.25) is 0 Å². The van der Waals surface area contributed by atoms with Crippen LogP contribution in [0.4, 0.5) is 0 Å². The number of nitrogens with zero attached hydrogens (tertiary/aromatic N) is 1. The Morgan fingerprint density at radius 1 is 1.56 bits per heavy atom. The first kappa shape index (κ1) is 12.6. The Kier molecular flexibility index (Phi) is 3.77. The van der Waals surface area contributed by atoms with Crippen LogP contribution in [0.15, 0.2) is 11.4 Å². The van der Waals surface area contributed by atoms with E-state index in [9.17, 15) is 0 Å². The van der Waals surface area contributed by atoms with E-state index < -0.39 is 0 Å². The van der Waals surface area contributed by atoms with Gasteiger partial charge in [0.15, 0.2) is 0 Å². The fourth-order valence-electron chi connectivity index (χ4n) is 2.37. The van der Waals surface area contributed by atoms with E-state index in [1.54, 1.807) is 10.4 Å². The van der Waals surface area contributed by atoms with Crippen LogP contribution in [-0.2, 0) is 6.42 Å². The van der Waals surface area contributed by atoms with Gasteiger partial charge in [0.05, 0.1) is 0 Å². The number of alkyl halides is 1. The van der Waals surface area contributed by atoms with Crippen molar-refractivity contribution in [2.24, 2.45) is 5.41 Å². The van der Waals surface area contributed by atoms with Crippen LogP contribution in [0.5, 0.6) is 0 Å². The summed E-state index contributed by atoms with van der Waals surface area (Å²) in [5.41, 5.74) is 1.92. The molecule has 1 aliphatic heterocycles. The lowest BCUT2D eigenvalue weighted by Gasteiger charge is -2.38. The Bertz CT molecular complexity index is 359. The quantitative estimate of drug-likeness (QED) is 0.760. The highest BCUT2D eigenvalue weighted by molar-refractivity contribution is 9.09. The average molecular weight is 302 g/mol. The second-order valence-corrected chi connectivity index (χ2v) is 7.05. The predicted octanol–water partition coefficient (Wildman–Crippen LogP) is 4.09. The molecule has 0 radical (unpaired) electrons.